The maximum atomic E-state index is 12.9. The molecule has 2 amide bonds. The first-order valence-electron chi connectivity index (χ1n) is 9.14. The summed E-state index contributed by atoms with van der Waals surface area (Å²) in [5, 5.41) is 6.34. The molecule has 3 rings (SSSR count). The van der Waals surface area contributed by atoms with Crippen molar-refractivity contribution in [2.75, 3.05) is 24.7 Å². The summed E-state index contributed by atoms with van der Waals surface area (Å²) in [4.78, 5) is 27.1. The topological polar surface area (TPSA) is 61.4 Å². The fraction of sp³-hybridized carbons (Fsp3) is 0.579. The van der Waals surface area contributed by atoms with Crippen molar-refractivity contribution in [1.82, 2.24) is 15.5 Å². The summed E-state index contributed by atoms with van der Waals surface area (Å²) in [6.07, 6.45) is 2.48. The molecule has 0 bridgehead atoms. The van der Waals surface area contributed by atoms with E-state index in [9.17, 15) is 9.59 Å². The number of rotatable bonds is 5. The molecule has 2 aliphatic rings. The van der Waals surface area contributed by atoms with Gasteiger partial charge in [-0.1, -0.05) is 37.3 Å². The van der Waals surface area contributed by atoms with E-state index in [-0.39, 0.29) is 29.8 Å². The highest BCUT2D eigenvalue weighted by Gasteiger charge is 2.30. The number of hydrogen-bond acceptors (Lipinski definition) is 4. The van der Waals surface area contributed by atoms with Crippen molar-refractivity contribution >= 4 is 23.6 Å². The highest BCUT2D eigenvalue weighted by Crippen LogP contribution is 2.24. The number of nitrogens with one attached hydrogen (secondary N) is 2. The standard InChI is InChI=1S/C19H27N3O2S/c1-2-16(14-6-4-3-5-7-14)19(24)22-10-8-15(9-11-22)21-18(23)17-12-25-13-20-17/h3-7,15-17,20H,2,8-13H2,1H3,(H,21,23). The molecule has 0 aromatic heterocycles. The summed E-state index contributed by atoms with van der Waals surface area (Å²) >= 11 is 1.76. The van der Waals surface area contributed by atoms with Gasteiger partial charge in [-0.3, -0.25) is 14.9 Å². The van der Waals surface area contributed by atoms with Gasteiger partial charge >= 0.3 is 0 Å². The fourth-order valence-corrected chi connectivity index (χ4v) is 4.51. The van der Waals surface area contributed by atoms with Gasteiger partial charge in [-0.15, -0.1) is 11.8 Å². The van der Waals surface area contributed by atoms with E-state index in [1.165, 1.54) is 0 Å². The number of carbonyl (C=O) groups excluding carboxylic acids is 2. The Morgan fingerprint density at radius 3 is 2.60 bits per heavy atom. The molecule has 2 atom stereocenters. The Balaban J connectivity index is 1.51. The number of nitrogens with zero attached hydrogens (tertiary/aromatic N) is 1. The van der Waals surface area contributed by atoms with Crippen LogP contribution in [0.5, 0.6) is 0 Å². The van der Waals surface area contributed by atoms with Crippen molar-refractivity contribution < 1.29 is 9.59 Å². The first kappa shape index (κ1) is 18.3. The molecule has 25 heavy (non-hydrogen) atoms. The van der Waals surface area contributed by atoms with Crippen LogP contribution in [0.1, 0.15) is 37.7 Å². The molecular weight excluding hydrogens is 334 g/mol. The van der Waals surface area contributed by atoms with Crippen molar-refractivity contribution in [2.45, 2.75) is 44.2 Å². The summed E-state index contributed by atoms with van der Waals surface area (Å²) in [6.45, 7) is 3.51. The molecule has 2 heterocycles. The van der Waals surface area contributed by atoms with Crippen LogP contribution in [-0.2, 0) is 9.59 Å². The van der Waals surface area contributed by atoms with Crippen LogP contribution >= 0.6 is 11.8 Å². The lowest BCUT2D eigenvalue weighted by atomic mass is 9.93. The van der Waals surface area contributed by atoms with E-state index in [0.717, 1.165) is 49.5 Å². The minimum atomic E-state index is -0.0629. The van der Waals surface area contributed by atoms with Crippen molar-refractivity contribution in [2.24, 2.45) is 0 Å². The Bertz CT molecular complexity index is 582. The molecule has 2 saturated heterocycles. The summed E-state index contributed by atoms with van der Waals surface area (Å²) in [7, 11) is 0. The van der Waals surface area contributed by atoms with Gasteiger partial charge in [0.05, 0.1) is 12.0 Å². The first-order chi connectivity index (χ1) is 12.2. The molecule has 1 aromatic carbocycles. The lowest BCUT2D eigenvalue weighted by Crippen LogP contribution is -2.51. The van der Waals surface area contributed by atoms with Gasteiger partial charge in [0.1, 0.15) is 0 Å². The largest absolute Gasteiger partial charge is 0.352 e. The van der Waals surface area contributed by atoms with Gasteiger partial charge in [0.2, 0.25) is 11.8 Å². The molecule has 5 nitrogen and oxygen atoms in total. The highest BCUT2D eigenvalue weighted by molar-refractivity contribution is 7.99. The van der Waals surface area contributed by atoms with E-state index < -0.39 is 0 Å². The third kappa shape index (κ3) is 4.55. The molecule has 2 aliphatic heterocycles. The predicted molar refractivity (Wildman–Crippen MR) is 101 cm³/mol. The molecule has 0 saturated carbocycles. The van der Waals surface area contributed by atoms with Crippen molar-refractivity contribution in [3.8, 4) is 0 Å². The molecule has 2 N–H and O–H groups in total. The minimum Gasteiger partial charge on any atom is -0.352 e. The molecule has 2 fully saturated rings. The zero-order valence-electron chi connectivity index (χ0n) is 14.7. The number of carbonyl (C=O) groups is 2. The minimum absolute atomic E-state index is 0.0628. The van der Waals surface area contributed by atoms with Crippen LogP contribution < -0.4 is 10.6 Å². The third-order valence-electron chi connectivity index (χ3n) is 5.09. The molecule has 0 spiro atoms. The Morgan fingerprint density at radius 2 is 2.00 bits per heavy atom. The zero-order chi connectivity index (χ0) is 17.6. The van der Waals surface area contributed by atoms with E-state index in [0.29, 0.717) is 0 Å². The van der Waals surface area contributed by atoms with Crippen molar-refractivity contribution in [1.29, 1.82) is 0 Å². The Morgan fingerprint density at radius 1 is 1.28 bits per heavy atom. The Kier molecular flexibility index (Phi) is 6.37. The smallest absolute Gasteiger partial charge is 0.238 e. The number of likely N-dealkylation sites (tertiary alicyclic amines) is 1. The van der Waals surface area contributed by atoms with Gasteiger partial charge < -0.3 is 10.2 Å². The first-order valence-corrected chi connectivity index (χ1v) is 10.3. The van der Waals surface area contributed by atoms with Crippen LogP contribution in [0.2, 0.25) is 0 Å². The van der Waals surface area contributed by atoms with Crippen LogP contribution in [-0.4, -0.2) is 53.5 Å². The number of benzene rings is 1. The van der Waals surface area contributed by atoms with Crippen LogP contribution in [0.25, 0.3) is 0 Å². The molecule has 136 valence electrons. The normalized spacial score (nSPS) is 22.6. The quantitative estimate of drug-likeness (QED) is 0.842. The van der Waals surface area contributed by atoms with Crippen molar-refractivity contribution in [3.63, 3.8) is 0 Å². The third-order valence-corrected chi connectivity index (χ3v) is 6.03. The van der Waals surface area contributed by atoms with Crippen LogP contribution in [0, 0.1) is 0 Å². The van der Waals surface area contributed by atoms with Gasteiger partial charge in [-0.25, -0.2) is 0 Å². The van der Waals surface area contributed by atoms with E-state index in [1.54, 1.807) is 11.8 Å². The molecule has 2 unspecified atom stereocenters. The number of piperidine rings is 1. The number of amides is 2. The summed E-state index contributed by atoms with van der Waals surface area (Å²) in [5.74, 6) is 1.95. The molecule has 1 aromatic rings. The maximum absolute atomic E-state index is 12.9. The van der Waals surface area contributed by atoms with Gasteiger partial charge in [-0.05, 0) is 24.8 Å². The Hall–Kier alpha value is -1.53. The summed E-state index contributed by atoms with van der Waals surface area (Å²) in [6, 6.07) is 10.1. The van der Waals surface area contributed by atoms with E-state index in [4.69, 9.17) is 0 Å². The van der Waals surface area contributed by atoms with Gasteiger partial charge in [0.15, 0.2) is 0 Å². The van der Waals surface area contributed by atoms with Gasteiger partial charge in [-0.2, -0.15) is 0 Å². The summed E-state index contributed by atoms with van der Waals surface area (Å²) < 4.78 is 0. The summed E-state index contributed by atoms with van der Waals surface area (Å²) in [5.41, 5.74) is 1.09. The zero-order valence-corrected chi connectivity index (χ0v) is 15.6. The van der Waals surface area contributed by atoms with E-state index >= 15 is 0 Å². The van der Waals surface area contributed by atoms with Crippen molar-refractivity contribution in [3.05, 3.63) is 35.9 Å². The van der Waals surface area contributed by atoms with Gasteiger partial charge in [0.25, 0.3) is 0 Å². The second kappa shape index (κ2) is 8.72. The van der Waals surface area contributed by atoms with Crippen LogP contribution in [0.15, 0.2) is 30.3 Å². The Labute approximate surface area is 153 Å². The average Bonchev–Trinajstić information content (AvgIpc) is 3.19. The van der Waals surface area contributed by atoms with Crippen LogP contribution in [0.3, 0.4) is 0 Å². The predicted octanol–water partition coefficient (Wildman–Crippen LogP) is 1.95. The van der Waals surface area contributed by atoms with E-state index in [2.05, 4.69) is 17.6 Å². The van der Waals surface area contributed by atoms with Gasteiger partial charge in [0, 0.05) is 30.8 Å². The SMILES string of the molecule is CCC(C(=O)N1CCC(NC(=O)C2CSCN2)CC1)c1ccccc1. The fourth-order valence-electron chi connectivity index (χ4n) is 3.57. The molecular formula is C19H27N3O2S. The molecule has 0 radical (unpaired) electrons. The molecule has 6 heteroatoms. The number of hydrogen-bond donors (Lipinski definition) is 2. The number of thioether (sulfide) groups is 1. The molecule has 0 aliphatic carbocycles. The maximum Gasteiger partial charge on any atom is 0.238 e. The average molecular weight is 362 g/mol. The van der Waals surface area contributed by atoms with Crippen LogP contribution in [0.4, 0.5) is 0 Å². The second-order valence-corrected chi connectivity index (χ2v) is 7.78. The second-order valence-electron chi connectivity index (χ2n) is 6.75. The highest BCUT2D eigenvalue weighted by atomic mass is 32.2. The lowest BCUT2D eigenvalue weighted by Gasteiger charge is -2.35. The van der Waals surface area contributed by atoms with E-state index in [1.807, 2.05) is 35.2 Å². The monoisotopic (exact) mass is 361 g/mol. The lowest BCUT2D eigenvalue weighted by molar-refractivity contribution is -0.134.